The minimum atomic E-state index is -3.93. The van der Waals surface area contributed by atoms with E-state index in [2.05, 4.69) is 10.0 Å². The van der Waals surface area contributed by atoms with E-state index in [4.69, 9.17) is 4.74 Å². The molecule has 0 aliphatic heterocycles. The van der Waals surface area contributed by atoms with E-state index in [0.29, 0.717) is 0 Å². The molecule has 0 spiro atoms. The number of nitrogens with one attached hydrogen (secondary N) is 2. The molecular formula is C21H28N2O6S2. The molecule has 0 saturated heterocycles. The smallest absolute Gasteiger partial charge is 0.251 e. The van der Waals surface area contributed by atoms with Gasteiger partial charge in [0.15, 0.2) is 9.84 Å². The van der Waals surface area contributed by atoms with Crippen molar-refractivity contribution in [2.75, 3.05) is 19.4 Å². The van der Waals surface area contributed by atoms with Crippen molar-refractivity contribution >= 4 is 25.8 Å². The van der Waals surface area contributed by atoms with E-state index in [1.807, 2.05) is 0 Å². The minimum absolute atomic E-state index is 0.113. The first kappa shape index (κ1) is 24.8. The first-order chi connectivity index (χ1) is 14.4. The van der Waals surface area contributed by atoms with Crippen LogP contribution in [0.4, 0.5) is 0 Å². The Morgan fingerprint density at radius 1 is 1.00 bits per heavy atom. The van der Waals surface area contributed by atoms with Crippen molar-refractivity contribution in [1.29, 1.82) is 0 Å². The highest BCUT2D eigenvalue weighted by atomic mass is 32.2. The number of hydrogen-bond donors (Lipinski definition) is 2. The Hall–Kier alpha value is -2.43. The van der Waals surface area contributed by atoms with Crippen molar-refractivity contribution in [2.45, 2.75) is 42.5 Å². The molecule has 0 aromatic heterocycles. The summed E-state index contributed by atoms with van der Waals surface area (Å²) < 4.78 is 57.7. The van der Waals surface area contributed by atoms with E-state index in [-0.39, 0.29) is 39.8 Å². The third-order valence-electron chi connectivity index (χ3n) is 4.13. The van der Waals surface area contributed by atoms with Gasteiger partial charge in [-0.25, -0.2) is 21.6 Å². The molecule has 0 unspecified atom stereocenters. The Bertz CT molecular complexity index is 1120. The summed E-state index contributed by atoms with van der Waals surface area (Å²) in [5, 5.41) is 2.63. The van der Waals surface area contributed by atoms with E-state index < -0.39 is 31.3 Å². The number of hydrogen-bond acceptors (Lipinski definition) is 6. The van der Waals surface area contributed by atoms with Gasteiger partial charge in [0.25, 0.3) is 5.91 Å². The summed E-state index contributed by atoms with van der Waals surface area (Å²) >= 11 is 0. The minimum Gasteiger partial charge on any atom is -0.495 e. The lowest BCUT2D eigenvalue weighted by Crippen LogP contribution is -2.40. The lowest BCUT2D eigenvalue weighted by Gasteiger charge is -2.21. The van der Waals surface area contributed by atoms with Crippen LogP contribution < -0.4 is 14.8 Å². The predicted octanol–water partition coefficient (Wildman–Crippen LogP) is 2.37. The third kappa shape index (κ3) is 7.05. The second-order valence-corrected chi connectivity index (χ2v) is 11.7. The molecule has 1 amide bonds. The van der Waals surface area contributed by atoms with Crippen LogP contribution in [-0.2, 0) is 19.9 Å². The predicted molar refractivity (Wildman–Crippen MR) is 119 cm³/mol. The summed E-state index contributed by atoms with van der Waals surface area (Å²) in [5.74, 6) is -0.510. The van der Waals surface area contributed by atoms with Gasteiger partial charge in [0.05, 0.1) is 17.8 Å². The average Bonchev–Trinajstić information content (AvgIpc) is 2.69. The fourth-order valence-electron chi connectivity index (χ4n) is 2.80. The number of carbonyl (C=O) groups is 1. The standard InChI is InChI=1S/C21H28N2O6S2/c1-21(2,3)23-31(27,28)19-15-16(11-12-18(19)29-4)20(24)22-13-8-14-30(25,26)17-9-6-5-7-10-17/h5-7,9-12,15,23H,8,13-14H2,1-4H3,(H,22,24). The summed E-state index contributed by atoms with van der Waals surface area (Å²) in [5.41, 5.74) is -0.590. The maximum Gasteiger partial charge on any atom is 0.251 e. The Labute approximate surface area is 184 Å². The van der Waals surface area contributed by atoms with Gasteiger partial charge in [0, 0.05) is 17.6 Å². The fourth-order valence-corrected chi connectivity index (χ4v) is 5.74. The van der Waals surface area contributed by atoms with Gasteiger partial charge < -0.3 is 10.1 Å². The number of sulfone groups is 1. The van der Waals surface area contributed by atoms with E-state index in [1.54, 1.807) is 39.0 Å². The van der Waals surface area contributed by atoms with Gasteiger partial charge in [-0.1, -0.05) is 18.2 Å². The molecule has 31 heavy (non-hydrogen) atoms. The maximum atomic E-state index is 12.7. The molecule has 0 aliphatic carbocycles. The molecule has 0 atom stereocenters. The lowest BCUT2D eigenvalue weighted by molar-refractivity contribution is 0.0953. The quantitative estimate of drug-likeness (QED) is 0.546. The monoisotopic (exact) mass is 468 g/mol. The molecule has 170 valence electrons. The maximum absolute atomic E-state index is 12.7. The van der Waals surface area contributed by atoms with Crippen LogP contribution in [0.1, 0.15) is 37.6 Å². The highest BCUT2D eigenvalue weighted by molar-refractivity contribution is 7.91. The van der Waals surface area contributed by atoms with Crippen LogP contribution >= 0.6 is 0 Å². The van der Waals surface area contributed by atoms with Crippen molar-refractivity contribution < 1.29 is 26.4 Å². The molecule has 8 nitrogen and oxygen atoms in total. The summed E-state index contributed by atoms with van der Waals surface area (Å²) in [7, 11) is -6.01. The topological polar surface area (TPSA) is 119 Å². The Morgan fingerprint density at radius 2 is 1.65 bits per heavy atom. The summed E-state index contributed by atoms with van der Waals surface area (Å²) in [6.07, 6.45) is 0.218. The van der Waals surface area contributed by atoms with Gasteiger partial charge in [-0.3, -0.25) is 4.79 Å². The second-order valence-electron chi connectivity index (χ2n) is 7.96. The number of sulfonamides is 1. The molecule has 0 saturated carbocycles. The van der Waals surface area contributed by atoms with Crippen LogP contribution in [-0.4, -0.2) is 47.7 Å². The molecule has 2 N–H and O–H groups in total. The molecule has 2 rings (SSSR count). The molecule has 2 aromatic rings. The van der Waals surface area contributed by atoms with Crippen LogP contribution in [0.2, 0.25) is 0 Å². The number of amides is 1. The van der Waals surface area contributed by atoms with E-state index in [9.17, 15) is 21.6 Å². The molecule has 0 radical (unpaired) electrons. The number of carbonyl (C=O) groups excluding carboxylic acids is 1. The molecular weight excluding hydrogens is 440 g/mol. The van der Waals surface area contributed by atoms with Crippen molar-refractivity contribution in [2.24, 2.45) is 0 Å². The van der Waals surface area contributed by atoms with Gasteiger partial charge in [-0.15, -0.1) is 0 Å². The van der Waals surface area contributed by atoms with Crippen molar-refractivity contribution in [3.8, 4) is 5.75 Å². The van der Waals surface area contributed by atoms with Crippen LogP contribution in [0.25, 0.3) is 0 Å². The second kappa shape index (κ2) is 9.80. The Balaban J connectivity index is 2.07. The van der Waals surface area contributed by atoms with Crippen LogP contribution in [0, 0.1) is 0 Å². The first-order valence-corrected chi connectivity index (χ1v) is 12.8. The molecule has 0 heterocycles. The van der Waals surface area contributed by atoms with Gasteiger partial charge in [0.1, 0.15) is 10.6 Å². The Morgan fingerprint density at radius 3 is 2.23 bits per heavy atom. The molecule has 2 aromatic carbocycles. The molecule has 10 heteroatoms. The number of rotatable bonds is 9. The highest BCUT2D eigenvalue weighted by Gasteiger charge is 2.26. The van der Waals surface area contributed by atoms with E-state index >= 15 is 0 Å². The Kier molecular flexibility index (Phi) is 7.85. The lowest BCUT2D eigenvalue weighted by atomic mass is 10.1. The zero-order valence-corrected chi connectivity index (χ0v) is 19.6. The summed E-state index contributed by atoms with van der Waals surface area (Å²) in [4.78, 5) is 12.6. The first-order valence-electron chi connectivity index (χ1n) is 9.64. The SMILES string of the molecule is COc1ccc(C(=O)NCCCS(=O)(=O)c2ccccc2)cc1S(=O)(=O)NC(C)(C)C. The number of benzene rings is 2. The average molecular weight is 469 g/mol. The summed E-state index contributed by atoms with van der Waals surface area (Å²) in [6, 6.07) is 12.2. The van der Waals surface area contributed by atoms with Crippen LogP contribution in [0.15, 0.2) is 58.3 Å². The van der Waals surface area contributed by atoms with Crippen LogP contribution in [0.3, 0.4) is 0 Å². The van der Waals surface area contributed by atoms with E-state index in [1.165, 1.54) is 37.4 Å². The van der Waals surface area contributed by atoms with Gasteiger partial charge >= 0.3 is 0 Å². The molecule has 0 aliphatic rings. The summed E-state index contributed by atoms with van der Waals surface area (Å²) in [6.45, 7) is 5.24. The number of methoxy groups -OCH3 is 1. The normalized spacial score (nSPS) is 12.4. The van der Waals surface area contributed by atoms with E-state index in [0.717, 1.165) is 0 Å². The number of ether oxygens (including phenoxy) is 1. The van der Waals surface area contributed by atoms with Crippen molar-refractivity contribution in [3.63, 3.8) is 0 Å². The highest BCUT2D eigenvalue weighted by Crippen LogP contribution is 2.26. The van der Waals surface area contributed by atoms with Gasteiger partial charge in [0.2, 0.25) is 10.0 Å². The fraction of sp³-hybridized carbons (Fsp3) is 0.381. The largest absolute Gasteiger partial charge is 0.495 e. The molecule has 0 bridgehead atoms. The van der Waals surface area contributed by atoms with Crippen LogP contribution in [0.5, 0.6) is 5.75 Å². The zero-order chi connectivity index (χ0) is 23.3. The third-order valence-corrected chi connectivity index (χ3v) is 7.73. The van der Waals surface area contributed by atoms with Crippen molar-refractivity contribution in [3.05, 3.63) is 54.1 Å². The molecule has 0 fully saturated rings. The zero-order valence-electron chi connectivity index (χ0n) is 18.0. The van der Waals surface area contributed by atoms with Crippen molar-refractivity contribution in [1.82, 2.24) is 10.0 Å². The van der Waals surface area contributed by atoms with Gasteiger partial charge in [-0.05, 0) is 57.5 Å². The van der Waals surface area contributed by atoms with Gasteiger partial charge in [-0.2, -0.15) is 0 Å².